The Bertz CT molecular complexity index is 224. The second-order valence-electron chi connectivity index (χ2n) is 2.70. The average Bonchev–Trinajstić information content (AvgIpc) is 2.10. The van der Waals surface area contributed by atoms with E-state index in [1.807, 2.05) is 0 Å². The fourth-order valence-corrected chi connectivity index (χ4v) is 0.860. The monoisotopic (exact) mass is 180 g/mol. The number of carboxylic acid groups (broad SMARTS) is 1. The van der Waals surface area contributed by atoms with Gasteiger partial charge in [-0.15, -0.1) is 0 Å². The van der Waals surface area contributed by atoms with E-state index in [4.69, 9.17) is 5.11 Å². The van der Waals surface area contributed by atoms with Crippen LogP contribution in [-0.4, -0.2) is 11.1 Å². The van der Waals surface area contributed by atoms with Crippen molar-refractivity contribution in [2.75, 3.05) is 0 Å². The van der Waals surface area contributed by atoms with Gasteiger partial charge in [-0.1, -0.05) is 44.6 Å². The first-order valence-electron chi connectivity index (χ1n) is 4.45. The number of rotatable bonds is 6. The van der Waals surface area contributed by atoms with Gasteiger partial charge in [-0.25, -0.2) is 4.79 Å². The van der Waals surface area contributed by atoms with Gasteiger partial charge in [0.05, 0.1) is 5.57 Å². The van der Waals surface area contributed by atoms with Gasteiger partial charge in [-0.2, -0.15) is 0 Å². The smallest absolute Gasteiger partial charge is 0.335 e. The first kappa shape index (κ1) is 11.7. The highest BCUT2D eigenvalue weighted by atomic mass is 16.4. The Morgan fingerprint density at radius 1 is 1.54 bits per heavy atom. The molecule has 0 bridgehead atoms. The zero-order valence-corrected chi connectivity index (χ0v) is 7.99. The fraction of sp³-hybridized carbons (Fsp3) is 0.364. The molecule has 13 heavy (non-hydrogen) atoms. The maximum Gasteiger partial charge on any atom is 0.335 e. The molecular formula is C11H16O2. The molecule has 0 aromatic heterocycles. The summed E-state index contributed by atoms with van der Waals surface area (Å²) in [6, 6.07) is 0. The number of carboxylic acids is 1. The molecule has 0 atom stereocenters. The van der Waals surface area contributed by atoms with Crippen molar-refractivity contribution >= 4 is 5.97 Å². The molecule has 0 fully saturated rings. The van der Waals surface area contributed by atoms with E-state index in [0.717, 1.165) is 19.3 Å². The van der Waals surface area contributed by atoms with Crippen LogP contribution in [0.5, 0.6) is 0 Å². The van der Waals surface area contributed by atoms with Gasteiger partial charge in [0.1, 0.15) is 0 Å². The number of hydrogen-bond acceptors (Lipinski definition) is 1. The van der Waals surface area contributed by atoms with Crippen molar-refractivity contribution in [2.45, 2.75) is 26.2 Å². The zero-order valence-electron chi connectivity index (χ0n) is 7.99. The molecule has 0 radical (unpaired) electrons. The van der Waals surface area contributed by atoms with Crippen molar-refractivity contribution in [3.63, 3.8) is 0 Å². The summed E-state index contributed by atoms with van der Waals surface area (Å²) in [5.41, 5.74) is 0.341. The van der Waals surface area contributed by atoms with Crippen molar-refractivity contribution in [1.82, 2.24) is 0 Å². The standard InChI is InChI=1S/C11H16O2/c1-3-5-7-9-10(11(12)13)8-6-4-2/h4,6,8-9H,2-3,5,7H2,1H3,(H,12,13). The summed E-state index contributed by atoms with van der Waals surface area (Å²) in [5, 5.41) is 8.75. The summed E-state index contributed by atoms with van der Waals surface area (Å²) in [6.45, 7) is 5.56. The van der Waals surface area contributed by atoms with Crippen LogP contribution < -0.4 is 0 Å². The minimum Gasteiger partial charge on any atom is -0.478 e. The van der Waals surface area contributed by atoms with E-state index in [2.05, 4.69) is 13.5 Å². The Hall–Kier alpha value is -1.31. The molecule has 0 unspecified atom stereocenters. The molecule has 0 rings (SSSR count). The third kappa shape index (κ3) is 5.91. The molecule has 1 N–H and O–H groups in total. The van der Waals surface area contributed by atoms with Gasteiger partial charge in [0.25, 0.3) is 0 Å². The minimum absolute atomic E-state index is 0.341. The van der Waals surface area contributed by atoms with E-state index in [1.165, 1.54) is 0 Å². The molecular weight excluding hydrogens is 164 g/mol. The molecule has 0 aromatic carbocycles. The van der Waals surface area contributed by atoms with Crippen LogP contribution in [0, 0.1) is 0 Å². The molecule has 0 aliphatic rings. The Morgan fingerprint density at radius 2 is 2.23 bits per heavy atom. The normalized spacial score (nSPS) is 11.9. The Kier molecular flexibility index (Phi) is 6.60. The van der Waals surface area contributed by atoms with Crippen molar-refractivity contribution in [3.05, 3.63) is 36.5 Å². The molecule has 0 amide bonds. The van der Waals surface area contributed by atoms with Crippen LogP contribution in [0.4, 0.5) is 0 Å². The van der Waals surface area contributed by atoms with E-state index < -0.39 is 5.97 Å². The second kappa shape index (κ2) is 7.35. The molecule has 0 saturated carbocycles. The number of carbonyl (C=O) groups is 1. The zero-order chi connectivity index (χ0) is 10.1. The van der Waals surface area contributed by atoms with Gasteiger partial charge in [0.15, 0.2) is 0 Å². The fourth-order valence-electron chi connectivity index (χ4n) is 0.860. The van der Waals surface area contributed by atoms with Crippen LogP contribution in [-0.2, 0) is 4.79 Å². The number of unbranched alkanes of at least 4 members (excludes halogenated alkanes) is 2. The van der Waals surface area contributed by atoms with Crippen molar-refractivity contribution < 1.29 is 9.90 Å². The third-order valence-electron chi connectivity index (χ3n) is 1.58. The maximum atomic E-state index is 10.6. The Labute approximate surface area is 79.3 Å². The van der Waals surface area contributed by atoms with Gasteiger partial charge in [-0.3, -0.25) is 0 Å². The number of aliphatic carboxylic acids is 1. The predicted octanol–water partition coefficient (Wildman–Crippen LogP) is 2.93. The van der Waals surface area contributed by atoms with Crippen molar-refractivity contribution in [3.8, 4) is 0 Å². The Balaban J connectivity index is 4.23. The van der Waals surface area contributed by atoms with Gasteiger partial charge in [0, 0.05) is 0 Å². The van der Waals surface area contributed by atoms with Crippen LogP contribution in [0.1, 0.15) is 26.2 Å². The summed E-state index contributed by atoms with van der Waals surface area (Å²) in [4.78, 5) is 10.6. The average molecular weight is 180 g/mol. The van der Waals surface area contributed by atoms with E-state index >= 15 is 0 Å². The first-order chi connectivity index (χ1) is 6.22. The lowest BCUT2D eigenvalue weighted by atomic mass is 10.1. The van der Waals surface area contributed by atoms with E-state index in [0.29, 0.717) is 5.57 Å². The van der Waals surface area contributed by atoms with Gasteiger partial charge < -0.3 is 5.11 Å². The topological polar surface area (TPSA) is 37.3 Å². The molecule has 72 valence electrons. The molecule has 2 nitrogen and oxygen atoms in total. The minimum atomic E-state index is -0.880. The van der Waals surface area contributed by atoms with Gasteiger partial charge in [-0.05, 0) is 12.5 Å². The predicted molar refractivity (Wildman–Crippen MR) is 54.6 cm³/mol. The quantitative estimate of drug-likeness (QED) is 0.387. The lowest BCUT2D eigenvalue weighted by molar-refractivity contribution is -0.132. The van der Waals surface area contributed by atoms with Crippen LogP contribution in [0.15, 0.2) is 36.5 Å². The molecule has 0 heterocycles. The van der Waals surface area contributed by atoms with Crippen LogP contribution in [0.3, 0.4) is 0 Å². The lowest BCUT2D eigenvalue weighted by Gasteiger charge is -1.94. The Morgan fingerprint density at radius 3 is 2.69 bits per heavy atom. The highest BCUT2D eigenvalue weighted by Crippen LogP contribution is 2.03. The molecule has 0 spiro atoms. The molecule has 0 saturated heterocycles. The van der Waals surface area contributed by atoms with Crippen LogP contribution in [0.2, 0.25) is 0 Å². The SMILES string of the molecule is C=CC=CC(=CCCCC)C(=O)O. The number of allylic oxidation sites excluding steroid dienone is 3. The first-order valence-corrected chi connectivity index (χ1v) is 4.45. The summed E-state index contributed by atoms with van der Waals surface area (Å²) >= 11 is 0. The van der Waals surface area contributed by atoms with E-state index in [-0.39, 0.29) is 0 Å². The lowest BCUT2D eigenvalue weighted by Crippen LogP contribution is -1.97. The maximum absolute atomic E-state index is 10.6. The van der Waals surface area contributed by atoms with Gasteiger partial charge in [0.2, 0.25) is 0 Å². The van der Waals surface area contributed by atoms with Crippen LogP contribution >= 0.6 is 0 Å². The van der Waals surface area contributed by atoms with E-state index in [9.17, 15) is 4.79 Å². The van der Waals surface area contributed by atoms with Crippen molar-refractivity contribution in [1.29, 1.82) is 0 Å². The molecule has 2 heteroatoms. The third-order valence-corrected chi connectivity index (χ3v) is 1.58. The summed E-state index contributed by atoms with van der Waals surface area (Å²) in [6.07, 6.45) is 9.42. The molecule has 0 aliphatic heterocycles. The highest BCUT2D eigenvalue weighted by Gasteiger charge is 2.00. The summed E-state index contributed by atoms with van der Waals surface area (Å²) in [7, 11) is 0. The molecule has 0 aromatic rings. The molecule has 0 aliphatic carbocycles. The largest absolute Gasteiger partial charge is 0.478 e. The van der Waals surface area contributed by atoms with Gasteiger partial charge >= 0.3 is 5.97 Å². The van der Waals surface area contributed by atoms with E-state index in [1.54, 1.807) is 24.3 Å². The summed E-state index contributed by atoms with van der Waals surface area (Å²) < 4.78 is 0. The van der Waals surface area contributed by atoms with Crippen molar-refractivity contribution in [2.24, 2.45) is 0 Å². The summed E-state index contributed by atoms with van der Waals surface area (Å²) in [5.74, 6) is -0.880. The van der Waals surface area contributed by atoms with Crippen LogP contribution in [0.25, 0.3) is 0 Å². The number of hydrogen-bond donors (Lipinski definition) is 1. The highest BCUT2D eigenvalue weighted by molar-refractivity contribution is 5.89. The second-order valence-corrected chi connectivity index (χ2v) is 2.70.